The molecule has 8 aromatic rings. The van der Waals surface area contributed by atoms with Crippen LogP contribution in [0.2, 0.25) is 0 Å². The van der Waals surface area contributed by atoms with Gasteiger partial charge in [-0.05, 0) is 157 Å². The zero-order valence-corrected chi connectivity index (χ0v) is 39.3. The van der Waals surface area contributed by atoms with Gasteiger partial charge >= 0.3 is 11.3 Å². The van der Waals surface area contributed by atoms with E-state index in [0.29, 0.717) is 33.6 Å². The van der Waals surface area contributed by atoms with Gasteiger partial charge < -0.3 is 23.2 Å². The summed E-state index contributed by atoms with van der Waals surface area (Å²) in [6.07, 6.45) is 2.12. The summed E-state index contributed by atoms with van der Waals surface area (Å²) < 4.78 is 24.8. The molecule has 10 rings (SSSR count). The Bertz CT molecular complexity index is 3310. The third kappa shape index (κ3) is 7.59. The topological polar surface area (TPSA) is 82.1 Å². The molecule has 8 heteroatoms. The molecule has 0 saturated heterocycles. The molecule has 2 aliphatic heterocycles. The Morgan fingerprint density at radius 2 is 1.25 bits per heavy atom. The van der Waals surface area contributed by atoms with Crippen molar-refractivity contribution >= 4 is 49.7 Å². The summed E-state index contributed by atoms with van der Waals surface area (Å²) in [6, 6.07) is 32.9. The number of hydrogen-bond acceptors (Lipinski definition) is 8. The van der Waals surface area contributed by atoms with Crippen LogP contribution in [0.15, 0.2) is 121 Å². The van der Waals surface area contributed by atoms with Crippen molar-refractivity contribution < 1.29 is 18.3 Å². The van der Waals surface area contributed by atoms with Crippen molar-refractivity contribution in [2.75, 3.05) is 18.0 Å². The molecule has 0 aliphatic carbocycles. The average molecular weight is 870 g/mol. The van der Waals surface area contributed by atoms with Crippen LogP contribution in [0.4, 0.5) is 5.69 Å². The predicted molar refractivity (Wildman–Crippen MR) is 264 cm³/mol. The first kappa shape index (κ1) is 41.9. The second kappa shape index (κ2) is 14.7. The first-order valence-corrected chi connectivity index (χ1v) is 23.2. The number of ether oxygens (including phenoxy) is 2. The molecular weight excluding hydrogens is 815 g/mol. The molecule has 0 saturated carbocycles. The van der Waals surface area contributed by atoms with E-state index in [2.05, 4.69) is 98.6 Å². The fourth-order valence-corrected chi connectivity index (χ4v) is 10.5. The molecule has 0 radical (unpaired) electrons. The molecule has 0 unspecified atom stereocenters. The maximum Gasteiger partial charge on any atom is 0.345 e. The minimum atomic E-state index is -0.489. The number of benzene rings is 5. The Kier molecular flexibility index (Phi) is 9.62. The van der Waals surface area contributed by atoms with Gasteiger partial charge in [0.2, 0.25) is 0 Å². The summed E-state index contributed by atoms with van der Waals surface area (Å²) >= 11 is 1.57. The molecule has 0 amide bonds. The lowest BCUT2D eigenvalue weighted by Gasteiger charge is -2.48. The average Bonchev–Trinajstić information content (AvgIpc) is 3.71. The summed E-state index contributed by atoms with van der Waals surface area (Å²) in [7, 11) is 0. The van der Waals surface area contributed by atoms with Crippen LogP contribution in [0.3, 0.4) is 0 Å². The number of fused-ring (bicyclic) bond motifs is 4. The molecule has 0 bridgehead atoms. The van der Waals surface area contributed by atoms with Gasteiger partial charge in [0.15, 0.2) is 0 Å². The van der Waals surface area contributed by atoms with Gasteiger partial charge in [-0.2, -0.15) is 0 Å². The fraction of sp³-hybridized carbons (Fsp3) is 0.321. The van der Waals surface area contributed by atoms with Crippen molar-refractivity contribution in [3.8, 4) is 55.3 Å². The first-order valence-electron chi connectivity index (χ1n) is 22.3. The molecule has 5 heterocycles. The van der Waals surface area contributed by atoms with Crippen molar-refractivity contribution in [3.05, 3.63) is 134 Å². The Balaban J connectivity index is 0.956. The van der Waals surface area contributed by atoms with E-state index in [9.17, 15) is 9.59 Å². The van der Waals surface area contributed by atoms with Gasteiger partial charge in [-0.25, -0.2) is 9.59 Å². The second-order valence-corrected chi connectivity index (χ2v) is 21.9. The maximum absolute atomic E-state index is 13.9. The predicted octanol–water partition coefficient (Wildman–Crippen LogP) is 14.3. The zero-order chi connectivity index (χ0) is 45.1. The lowest BCUT2D eigenvalue weighted by Crippen LogP contribution is -2.44. The van der Waals surface area contributed by atoms with Crippen LogP contribution >= 0.6 is 11.3 Å². The monoisotopic (exact) mass is 869 g/mol. The molecule has 0 spiro atoms. The summed E-state index contributed by atoms with van der Waals surface area (Å²) in [6.45, 7) is 23.2. The largest absolute Gasteiger partial charge is 0.488 e. The fourth-order valence-electron chi connectivity index (χ4n) is 9.61. The third-order valence-corrected chi connectivity index (χ3v) is 13.9. The number of nitrogens with zero attached hydrogens (tertiary/aromatic N) is 1. The SMILES string of the molecule is CC(C)(C)Oc1cc(OC(C)(C)C)c2cc(-c3cccc(-c4ccc5cc(-c6csc(-c7cc8cc9c%10c(c8oc7=O)C(C)(C)CCN%10CCC9(C)C)c6)ccc5c4)c3)c(=O)oc2c1. The van der Waals surface area contributed by atoms with E-state index < -0.39 is 16.8 Å². The Labute approximate surface area is 378 Å². The lowest BCUT2D eigenvalue weighted by atomic mass is 9.69. The summed E-state index contributed by atoms with van der Waals surface area (Å²) in [5.74, 6) is 1.16. The summed E-state index contributed by atoms with van der Waals surface area (Å²) in [4.78, 5) is 30.9. The Morgan fingerprint density at radius 3 is 1.95 bits per heavy atom. The third-order valence-electron chi connectivity index (χ3n) is 12.9. The second-order valence-electron chi connectivity index (χ2n) is 21.0. The van der Waals surface area contributed by atoms with E-state index >= 15 is 0 Å². The van der Waals surface area contributed by atoms with Crippen LogP contribution in [0.5, 0.6) is 11.5 Å². The molecule has 7 nitrogen and oxygen atoms in total. The van der Waals surface area contributed by atoms with Crippen molar-refractivity contribution in [2.24, 2.45) is 0 Å². The molecule has 0 N–H and O–H groups in total. The molecule has 5 aromatic carbocycles. The van der Waals surface area contributed by atoms with Gasteiger partial charge in [-0.15, -0.1) is 11.3 Å². The highest BCUT2D eigenvalue weighted by molar-refractivity contribution is 7.14. The number of rotatable bonds is 6. The quantitative estimate of drug-likeness (QED) is 0.154. The lowest BCUT2D eigenvalue weighted by molar-refractivity contribution is 0.122. The number of thiophene rings is 1. The molecule has 64 heavy (non-hydrogen) atoms. The highest BCUT2D eigenvalue weighted by Gasteiger charge is 2.42. The van der Waals surface area contributed by atoms with E-state index in [-0.39, 0.29) is 16.5 Å². The van der Waals surface area contributed by atoms with Gasteiger partial charge in [-0.1, -0.05) is 70.2 Å². The van der Waals surface area contributed by atoms with Crippen LogP contribution in [0, 0.1) is 0 Å². The Morgan fingerprint density at radius 1 is 0.609 bits per heavy atom. The van der Waals surface area contributed by atoms with Crippen LogP contribution in [0.1, 0.15) is 93.2 Å². The van der Waals surface area contributed by atoms with Gasteiger partial charge in [-0.3, -0.25) is 0 Å². The maximum atomic E-state index is 13.9. The van der Waals surface area contributed by atoms with E-state index in [0.717, 1.165) is 80.4 Å². The van der Waals surface area contributed by atoms with E-state index in [1.54, 1.807) is 17.4 Å². The zero-order valence-electron chi connectivity index (χ0n) is 38.4. The van der Waals surface area contributed by atoms with Gasteiger partial charge in [0, 0.05) is 46.7 Å². The molecule has 0 fully saturated rings. The normalized spacial score (nSPS) is 15.8. The smallest absolute Gasteiger partial charge is 0.345 e. The molecule has 2 aliphatic rings. The first-order chi connectivity index (χ1) is 30.2. The van der Waals surface area contributed by atoms with E-state index in [1.807, 2.05) is 71.9 Å². The van der Waals surface area contributed by atoms with E-state index in [1.165, 1.54) is 16.8 Å². The van der Waals surface area contributed by atoms with Crippen molar-refractivity contribution in [1.29, 1.82) is 0 Å². The standard InChI is InChI=1S/C56H55NO6S/c1-53(2,3)62-40-28-45-42(46(29-40)63-54(4,5)6)30-41(51(58)60-45)37-13-11-12-32(24-37)33-14-15-35-23-36(17-16-34(35)22-33)39-27-47(64-31-39)43-25-38-26-44-49-48(50(38)61-52(43)59)56(9,10)19-21-57(49)20-18-55(44,7)8/h11-17,22-31H,18-21H2,1-10H3. The van der Waals surface area contributed by atoms with Gasteiger partial charge in [0.25, 0.3) is 0 Å². The van der Waals surface area contributed by atoms with Crippen LogP contribution < -0.4 is 25.6 Å². The Hall–Kier alpha value is -6.12. The van der Waals surface area contributed by atoms with Crippen LogP contribution in [-0.2, 0) is 10.8 Å². The van der Waals surface area contributed by atoms with Crippen molar-refractivity contribution in [1.82, 2.24) is 0 Å². The van der Waals surface area contributed by atoms with Crippen molar-refractivity contribution in [2.45, 2.75) is 104 Å². The summed E-state index contributed by atoms with van der Waals surface area (Å²) in [5.41, 5.74) is 9.18. The molecule has 0 atom stereocenters. The molecule has 3 aromatic heterocycles. The molecule has 326 valence electrons. The summed E-state index contributed by atoms with van der Waals surface area (Å²) in [5, 5.41) is 6.02. The highest BCUT2D eigenvalue weighted by Crippen LogP contribution is 2.52. The van der Waals surface area contributed by atoms with Crippen molar-refractivity contribution in [3.63, 3.8) is 0 Å². The van der Waals surface area contributed by atoms with Gasteiger partial charge in [0.1, 0.15) is 33.9 Å². The minimum Gasteiger partial charge on any atom is -0.488 e. The highest BCUT2D eigenvalue weighted by atomic mass is 32.1. The van der Waals surface area contributed by atoms with Gasteiger partial charge in [0.05, 0.1) is 16.5 Å². The number of anilines is 1. The van der Waals surface area contributed by atoms with E-state index in [4.69, 9.17) is 18.3 Å². The van der Waals surface area contributed by atoms with Crippen LogP contribution in [-0.4, -0.2) is 24.3 Å². The molecular formula is C56H55NO6S. The minimum absolute atomic E-state index is 0.0340. The number of hydrogen-bond donors (Lipinski definition) is 0. The van der Waals surface area contributed by atoms with Crippen LogP contribution in [0.25, 0.3) is 76.5 Å².